The van der Waals surface area contributed by atoms with Crippen LogP contribution in [0.1, 0.15) is 46.4 Å². The number of aromatic nitrogens is 2. The van der Waals surface area contributed by atoms with Gasteiger partial charge in [0.05, 0.1) is 34.8 Å². The molecule has 3 aromatic rings. The van der Waals surface area contributed by atoms with Crippen LogP contribution in [-0.4, -0.2) is 39.9 Å². The number of Topliss-reactive ketones (excluding diaryl/α,β-unsaturated/α-hetero) is 1. The minimum atomic E-state index is 0.0929. The number of carbonyl (C=O) groups excluding carboxylic acids is 1. The molecule has 4 rings (SSSR count). The van der Waals surface area contributed by atoms with Crippen LogP contribution in [0, 0.1) is 37.0 Å². The Hall–Kier alpha value is -3.41. The quantitative estimate of drug-likeness (QED) is 0.494. The zero-order valence-electron chi connectivity index (χ0n) is 17.1. The Bertz CT molecular complexity index is 1200. The summed E-state index contributed by atoms with van der Waals surface area (Å²) < 4.78 is 2.03. The summed E-state index contributed by atoms with van der Waals surface area (Å²) in [5, 5.41) is 9.12. The fraction of sp³-hybridized carbons (Fsp3) is 0.280. The molecule has 30 heavy (non-hydrogen) atoms. The number of carbonyl (C=O) groups is 1. The smallest absolute Gasteiger partial charge is 0.180 e. The molecule has 0 amide bonds. The lowest BCUT2D eigenvalue weighted by Gasteiger charge is -2.25. The lowest BCUT2D eigenvalue weighted by molar-refractivity contribution is 0.0916. The van der Waals surface area contributed by atoms with Gasteiger partial charge in [-0.15, -0.1) is 0 Å². The molecule has 149 valence electrons. The van der Waals surface area contributed by atoms with Gasteiger partial charge in [-0.2, -0.15) is 5.26 Å². The van der Waals surface area contributed by atoms with Crippen molar-refractivity contribution < 1.29 is 4.79 Å². The highest BCUT2D eigenvalue weighted by atomic mass is 16.1. The van der Waals surface area contributed by atoms with Crippen molar-refractivity contribution in [1.82, 2.24) is 14.5 Å². The van der Waals surface area contributed by atoms with Crippen LogP contribution >= 0.6 is 0 Å². The Labute approximate surface area is 176 Å². The molecule has 0 saturated carbocycles. The Balaban J connectivity index is 1.85. The van der Waals surface area contributed by atoms with Gasteiger partial charge in [-0.1, -0.05) is 18.3 Å². The molecular formula is C25H23N4O. The van der Waals surface area contributed by atoms with Crippen molar-refractivity contribution in [3.8, 4) is 23.6 Å². The van der Waals surface area contributed by atoms with Gasteiger partial charge in [0, 0.05) is 30.1 Å². The second-order valence-electron chi connectivity index (χ2n) is 7.61. The average Bonchev–Trinajstić information content (AvgIpc) is 3.06. The molecule has 5 nitrogen and oxygen atoms in total. The topological polar surface area (TPSA) is 61.9 Å². The van der Waals surface area contributed by atoms with Crippen molar-refractivity contribution >= 4 is 16.8 Å². The van der Waals surface area contributed by atoms with Gasteiger partial charge >= 0.3 is 0 Å². The van der Waals surface area contributed by atoms with Crippen molar-refractivity contribution in [1.29, 1.82) is 5.26 Å². The normalized spacial score (nSPS) is 14.2. The molecule has 5 heteroatoms. The largest absolute Gasteiger partial charge is 0.311 e. The SMILES string of the molecule is [CH2]C#Cc1cnc2c(C(=O)CN3CCCCC3)c(C)n(-c3ccc(C#N)cc3)c2c1. The maximum absolute atomic E-state index is 13.3. The summed E-state index contributed by atoms with van der Waals surface area (Å²) in [4.78, 5) is 20.2. The summed E-state index contributed by atoms with van der Waals surface area (Å²) >= 11 is 0. The van der Waals surface area contributed by atoms with E-state index in [1.54, 1.807) is 18.3 Å². The van der Waals surface area contributed by atoms with Crippen molar-refractivity contribution in [3.05, 3.63) is 65.8 Å². The van der Waals surface area contributed by atoms with Crippen LogP contribution in [-0.2, 0) is 0 Å². The van der Waals surface area contributed by atoms with E-state index >= 15 is 0 Å². The van der Waals surface area contributed by atoms with Crippen LogP contribution < -0.4 is 0 Å². The predicted octanol–water partition coefficient (Wildman–Crippen LogP) is 4.06. The van der Waals surface area contributed by atoms with E-state index in [4.69, 9.17) is 5.26 Å². The van der Waals surface area contributed by atoms with Crippen LogP contribution in [0.4, 0.5) is 0 Å². The number of fused-ring (bicyclic) bond motifs is 1. The zero-order valence-corrected chi connectivity index (χ0v) is 17.1. The zero-order chi connectivity index (χ0) is 21.1. The third-order valence-electron chi connectivity index (χ3n) is 5.62. The monoisotopic (exact) mass is 395 g/mol. The van der Waals surface area contributed by atoms with E-state index in [9.17, 15) is 4.79 Å². The lowest BCUT2D eigenvalue weighted by Crippen LogP contribution is -2.34. The summed E-state index contributed by atoms with van der Waals surface area (Å²) in [6, 6.07) is 11.4. The second kappa shape index (κ2) is 8.53. The van der Waals surface area contributed by atoms with Crippen LogP contribution in [0.3, 0.4) is 0 Å². The molecular weight excluding hydrogens is 372 g/mol. The average molecular weight is 395 g/mol. The highest BCUT2D eigenvalue weighted by Gasteiger charge is 2.24. The number of ketones is 1. The van der Waals surface area contributed by atoms with Crippen LogP contribution in [0.5, 0.6) is 0 Å². The van der Waals surface area contributed by atoms with E-state index in [0.29, 0.717) is 23.2 Å². The number of nitriles is 1. The predicted molar refractivity (Wildman–Crippen MR) is 117 cm³/mol. The lowest BCUT2D eigenvalue weighted by atomic mass is 10.1. The summed E-state index contributed by atoms with van der Waals surface area (Å²) in [6.07, 6.45) is 5.22. The molecule has 0 unspecified atom stereocenters. The number of pyridine rings is 1. The molecule has 1 aliphatic rings. The van der Waals surface area contributed by atoms with Crippen molar-refractivity contribution in [2.24, 2.45) is 0 Å². The summed E-state index contributed by atoms with van der Waals surface area (Å²) in [5.74, 6) is 5.70. The van der Waals surface area contributed by atoms with Gasteiger partial charge in [0.25, 0.3) is 0 Å². The Morgan fingerprint density at radius 3 is 2.57 bits per heavy atom. The van der Waals surface area contributed by atoms with Gasteiger partial charge in [0.15, 0.2) is 5.78 Å². The second-order valence-corrected chi connectivity index (χ2v) is 7.61. The van der Waals surface area contributed by atoms with Crippen LogP contribution in [0.15, 0.2) is 36.5 Å². The Morgan fingerprint density at radius 2 is 1.90 bits per heavy atom. The van der Waals surface area contributed by atoms with Gasteiger partial charge in [0.1, 0.15) is 0 Å². The van der Waals surface area contributed by atoms with Gasteiger partial charge < -0.3 is 4.57 Å². The maximum atomic E-state index is 13.3. The summed E-state index contributed by atoms with van der Waals surface area (Å²) in [6.45, 7) is 7.89. The number of benzene rings is 1. The maximum Gasteiger partial charge on any atom is 0.180 e. The van der Waals surface area contributed by atoms with Crippen molar-refractivity contribution in [3.63, 3.8) is 0 Å². The standard InChI is InChI=1S/C25H23N4O/c1-3-7-20-14-22-25(27-16-20)24(23(30)17-28-12-5-4-6-13-28)18(2)29(22)21-10-8-19(15-26)9-11-21/h8-11,14,16H,1,4-6,12-13,17H2,2H3. The molecule has 1 aliphatic heterocycles. The van der Waals surface area contributed by atoms with E-state index in [-0.39, 0.29) is 5.78 Å². The molecule has 2 aromatic heterocycles. The van der Waals surface area contributed by atoms with Gasteiger partial charge in [-0.3, -0.25) is 14.7 Å². The molecule has 0 bridgehead atoms. The molecule has 3 heterocycles. The number of piperidine rings is 1. The van der Waals surface area contributed by atoms with E-state index < -0.39 is 0 Å². The summed E-state index contributed by atoms with van der Waals surface area (Å²) in [5.41, 5.74) is 5.26. The first kappa shape index (κ1) is 19.9. The van der Waals surface area contributed by atoms with E-state index in [0.717, 1.165) is 48.4 Å². The molecule has 0 atom stereocenters. The molecule has 0 aliphatic carbocycles. The highest BCUT2D eigenvalue weighted by Crippen LogP contribution is 2.29. The third kappa shape index (κ3) is 3.73. The molecule has 1 saturated heterocycles. The van der Waals surface area contributed by atoms with Crippen molar-refractivity contribution in [2.45, 2.75) is 26.2 Å². The minimum Gasteiger partial charge on any atom is -0.311 e. The van der Waals surface area contributed by atoms with Gasteiger partial charge in [0.2, 0.25) is 0 Å². The number of hydrogen-bond acceptors (Lipinski definition) is 4. The number of hydrogen-bond donors (Lipinski definition) is 0. The highest BCUT2D eigenvalue weighted by molar-refractivity contribution is 6.09. The van der Waals surface area contributed by atoms with E-state index in [1.165, 1.54) is 6.42 Å². The number of nitrogens with zero attached hydrogens (tertiary/aromatic N) is 4. The fourth-order valence-corrected chi connectivity index (χ4v) is 4.20. The minimum absolute atomic E-state index is 0.0929. The van der Waals surface area contributed by atoms with Gasteiger partial charge in [-0.05, 0) is 63.2 Å². The van der Waals surface area contributed by atoms with Crippen molar-refractivity contribution in [2.75, 3.05) is 19.6 Å². The van der Waals surface area contributed by atoms with Crippen LogP contribution in [0.25, 0.3) is 16.7 Å². The first-order valence-electron chi connectivity index (χ1n) is 10.2. The van der Waals surface area contributed by atoms with Crippen LogP contribution in [0.2, 0.25) is 0 Å². The fourth-order valence-electron chi connectivity index (χ4n) is 4.20. The molecule has 1 radical (unpaired) electrons. The third-order valence-corrected chi connectivity index (χ3v) is 5.62. The number of rotatable bonds is 4. The van der Waals surface area contributed by atoms with E-state index in [1.807, 2.05) is 29.7 Å². The first-order chi connectivity index (χ1) is 14.6. The molecule has 1 fully saturated rings. The van der Waals surface area contributed by atoms with Gasteiger partial charge in [-0.25, -0.2) is 0 Å². The summed E-state index contributed by atoms with van der Waals surface area (Å²) in [7, 11) is 0. The van der Waals surface area contributed by atoms with E-state index in [2.05, 4.69) is 34.7 Å². The first-order valence-corrected chi connectivity index (χ1v) is 10.2. The molecule has 0 spiro atoms. The number of likely N-dealkylation sites (tertiary alicyclic amines) is 1. The molecule has 1 aromatic carbocycles. The Morgan fingerprint density at radius 1 is 1.17 bits per heavy atom. The Kier molecular flexibility index (Phi) is 5.65. The molecule has 0 N–H and O–H groups in total.